The molecule has 1 saturated heterocycles. The van der Waals surface area contributed by atoms with Gasteiger partial charge in [-0.25, -0.2) is 0 Å². The Labute approximate surface area is 218 Å². The van der Waals surface area contributed by atoms with Crippen LogP contribution >= 0.6 is 0 Å². The normalized spacial score (nSPS) is 16.8. The molecule has 0 radical (unpaired) electrons. The molecule has 37 heavy (non-hydrogen) atoms. The largest absolute Gasteiger partial charge is 0.507 e. The van der Waals surface area contributed by atoms with Crippen molar-refractivity contribution in [3.63, 3.8) is 0 Å². The fourth-order valence-electron chi connectivity index (χ4n) is 4.79. The van der Waals surface area contributed by atoms with E-state index in [4.69, 9.17) is 4.74 Å². The van der Waals surface area contributed by atoms with Crippen LogP contribution in [0.1, 0.15) is 50.4 Å². The molecule has 0 bridgehead atoms. The first kappa shape index (κ1) is 26.0. The summed E-state index contributed by atoms with van der Waals surface area (Å²) in [7, 11) is 0. The van der Waals surface area contributed by atoms with Crippen molar-refractivity contribution < 1.29 is 19.4 Å². The summed E-state index contributed by atoms with van der Waals surface area (Å²) in [6, 6.07) is 21.6. The summed E-state index contributed by atoms with van der Waals surface area (Å²) >= 11 is 0. The Morgan fingerprint density at radius 2 is 1.49 bits per heavy atom. The smallest absolute Gasteiger partial charge is 0.300 e. The lowest BCUT2D eigenvalue weighted by atomic mass is 9.94. The molecule has 6 nitrogen and oxygen atoms in total. The van der Waals surface area contributed by atoms with E-state index in [1.807, 2.05) is 55.5 Å². The zero-order valence-electron chi connectivity index (χ0n) is 21.9. The van der Waals surface area contributed by atoms with Crippen LogP contribution in [-0.4, -0.2) is 36.5 Å². The van der Waals surface area contributed by atoms with E-state index in [0.717, 1.165) is 36.3 Å². The van der Waals surface area contributed by atoms with Crippen LogP contribution in [0.3, 0.4) is 0 Å². The SMILES string of the molecule is CCOc1ccc(/C(O)=C2/C(=O)C(=O)N(c3ccc(CC)cc3)C2c2ccc(N(CC)CC)cc2)cc1. The Bertz CT molecular complexity index is 1270. The molecule has 1 atom stereocenters. The van der Waals surface area contributed by atoms with Gasteiger partial charge in [0.25, 0.3) is 11.7 Å². The van der Waals surface area contributed by atoms with Crippen LogP contribution in [0, 0.1) is 0 Å². The molecule has 1 N–H and O–H groups in total. The lowest BCUT2D eigenvalue weighted by Gasteiger charge is -2.27. The molecule has 3 aromatic carbocycles. The first-order chi connectivity index (χ1) is 17.9. The van der Waals surface area contributed by atoms with E-state index in [-0.39, 0.29) is 11.3 Å². The van der Waals surface area contributed by atoms with Gasteiger partial charge in [-0.3, -0.25) is 14.5 Å². The summed E-state index contributed by atoms with van der Waals surface area (Å²) in [5.74, 6) is -0.899. The molecular formula is C31H34N2O4. The van der Waals surface area contributed by atoms with Crippen LogP contribution in [0.25, 0.3) is 5.76 Å². The van der Waals surface area contributed by atoms with Crippen molar-refractivity contribution in [2.24, 2.45) is 0 Å². The minimum absolute atomic E-state index is 0.0734. The van der Waals surface area contributed by atoms with Crippen molar-refractivity contribution in [3.8, 4) is 5.75 Å². The molecule has 1 fully saturated rings. The average molecular weight is 499 g/mol. The molecule has 1 amide bonds. The number of aliphatic hydroxyl groups excluding tert-OH is 1. The topological polar surface area (TPSA) is 70.1 Å². The number of benzene rings is 3. The van der Waals surface area contributed by atoms with Gasteiger partial charge >= 0.3 is 0 Å². The van der Waals surface area contributed by atoms with Crippen molar-refractivity contribution in [3.05, 3.63) is 95.1 Å². The number of aliphatic hydroxyl groups is 1. The van der Waals surface area contributed by atoms with Gasteiger partial charge in [-0.1, -0.05) is 31.2 Å². The highest BCUT2D eigenvalue weighted by molar-refractivity contribution is 6.51. The van der Waals surface area contributed by atoms with Gasteiger partial charge in [0.05, 0.1) is 18.2 Å². The maximum Gasteiger partial charge on any atom is 0.300 e. The number of Topliss-reactive ketones (excluding diaryl/α,β-unsaturated/α-hetero) is 1. The van der Waals surface area contributed by atoms with Gasteiger partial charge in [-0.15, -0.1) is 0 Å². The fourth-order valence-corrected chi connectivity index (χ4v) is 4.79. The molecule has 0 aromatic heterocycles. The molecule has 192 valence electrons. The molecule has 0 spiro atoms. The molecule has 1 unspecified atom stereocenters. The van der Waals surface area contributed by atoms with E-state index in [1.165, 1.54) is 4.90 Å². The second kappa shape index (κ2) is 11.3. The van der Waals surface area contributed by atoms with Crippen LogP contribution < -0.4 is 14.5 Å². The maximum atomic E-state index is 13.4. The molecule has 1 aliphatic heterocycles. The summed E-state index contributed by atoms with van der Waals surface area (Å²) in [5, 5.41) is 11.4. The quantitative estimate of drug-likeness (QED) is 0.219. The number of aryl methyl sites for hydroxylation is 1. The molecule has 1 heterocycles. The number of hydrogen-bond acceptors (Lipinski definition) is 5. The highest BCUT2D eigenvalue weighted by Crippen LogP contribution is 2.42. The van der Waals surface area contributed by atoms with Crippen molar-refractivity contribution in [2.75, 3.05) is 29.5 Å². The Kier molecular flexibility index (Phi) is 7.97. The second-order valence-electron chi connectivity index (χ2n) is 8.91. The summed E-state index contributed by atoms with van der Waals surface area (Å²) in [4.78, 5) is 30.5. The Balaban J connectivity index is 1.85. The number of rotatable bonds is 9. The number of nitrogens with zero attached hydrogens (tertiary/aromatic N) is 2. The molecule has 3 aromatic rings. The number of carbonyl (C=O) groups excluding carboxylic acids is 2. The van der Waals surface area contributed by atoms with Crippen LogP contribution in [0.4, 0.5) is 11.4 Å². The summed E-state index contributed by atoms with van der Waals surface area (Å²) in [6.45, 7) is 10.4. The number of carbonyl (C=O) groups is 2. The van der Waals surface area contributed by atoms with Gasteiger partial charge in [0, 0.05) is 30.0 Å². The molecule has 1 aliphatic rings. The van der Waals surface area contributed by atoms with E-state index in [1.54, 1.807) is 24.3 Å². The molecular weight excluding hydrogens is 464 g/mol. The number of ether oxygens (including phenoxy) is 1. The minimum atomic E-state index is -0.759. The van der Waals surface area contributed by atoms with E-state index in [0.29, 0.717) is 23.6 Å². The van der Waals surface area contributed by atoms with Gasteiger partial charge in [0.15, 0.2) is 0 Å². The third-order valence-electron chi connectivity index (χ3n) is 6.84. The van der Waals surface area contributed by atoms with Crippen LogP contribution in [0.5, 0.6) is 5.75 Å². The number of anilines is 2. The van der Waals surface area contributed by atoms with Crippen LogP contribution in [0.2, 0.25) is 0 Å². The molecule has 4 rings (SSSR count). The summed E-state index contributed by atoms with van der Waals surface area (Å²) < 4.78 is 5.51. The predicted octanol–water partition coefficient (Wildman–Crippen LogP) is 6.12. The Morgan fingerprint density at radius 3 is 2.03 bits per heavy atom. The van der Waals surface area contributed by atoms with Gasteiger partial charge in [0.1, 0.15) is 11.5 Å². The van der Waals surface area contributed by atoms with Gasteiger partial charge < -0.3 is 14.7 Å². The maximum absolute atomic E-state index is 13.4. The van der Waals surface area contributed by atoms with Crippen molar-refractivity contribution in [2.45, 2.75) is 40.2 Å². The number of amides is 1. The van der Waals surface area contributed by atoms with Crippen molar-refractivity contribution >= 4 is 28.8 Å². The first-order valence-electron chi connectivity index (χ1n) is 12.9. The third kappa shape index (κ3) is 5.10. The highest BCUT2D eigenvalue weighted by Gasteiger charge is 2.47. The minimum Gasteiger partial charge on any atom is -0.507 e. The standard InChI is InChI=1S/C31H34N2O4/c1-5-21-9-15-25(16-10-21)33-28(22-11-17-24(18-12-22)32(6-2)7-3)27(30(35)31(33)36)29(34)23-13-19-26(20-14-23)37-8-4/h9-20,28,34H,5-8H2,1-4H3/b29-27-. The van der Waals surface area contributed by atoms with Crippen molar-refractivity contribution in [1.29, 1.82) is 0 Å². The van der Waals surface area contributed by atoms with E-state index >= 15 is 0 Å². The zero-order chi connectivity index (χ0) is 26.5. The van der Waals surface area contributed by atoms with E-state index < -0.39 is 17.7 Å². The lowest BCUT2D eigenvalue weighted by molar-refractivity contribution is -0.132. The number of hydrogen-bond donors (Lipinski definition) is 1. The highest BCUT2D eigenvalue weighted by atomic mass is 16.5. The second-order valence-corrected chi connectivity index (χ2v) is 8.91. The Morgan fingerprint density at radius 1 is 0.865 bits per heavy atom. The molecule has 6 heteroatoms. The fraction of sp³-hybridized carbons (Fsp3) is 0.290. The third-order valence-corrected chi connectivity index (χ3v) is 6.84. The van der Waals surface area contributed by atoms with Crippen LogP contribution in [-0.2, 0) is 16.0 Å². The summed E-state index contributed by atoms with van der Waals surface area (Å²) in [6.07, 6.45) is 0.868. The summed E-state index contributed by atoms with van der Waals surface area (Å²) in [5.41, 5.74) is 4.08. The van der Waals surface area contributed by atoms with Crippen LogP contribution in [0.15, 0.2) is 78.4 Å². The van der Waals surface area contributed by atoms with Gasteiger partial charge in [0.2, 0.25) is 0 Å². The molecule has 0 saturated carbocycles. The van der Waals surface area contributed by atoms with Crippen molar-refractivity contribution in [1.82, 2.24) is 0 Å². The average Bonchev–Trinajstić information content (AvgIpc) is 3.20. The van der Waals surface area contributed by atoms with E-state index in [9.17, 15) is 14.7 Å². The zero-order valence-corrected chi connectivity index (χ0v) is 21.9. The van der Waals surface area contributed by atoms with Gasteiger partial charge in [-0.2, -0.15) is 0 Å². The Hall–Kier alpha value is -4.06. The molecule has 0 aliphatic carbocycles. The van der Waals surface area contributed by atoms with E-state index in [2.05, 4.69) is 25.7 Å². The predicted molar refractivity (Wildman–Crippen MR) is 148 cm³/mol. The van der Waals surface area contributed by atoms with Gasteiger partial charge in [-0.05, 0) is 86.8 Å². The monoisotopic (exact) mass is 498 g/mol. The lowest BCUT2D eigenvalue weighted by Crippen LogP contribution is -2.29. The first-order valence-corrected chi connectivity index (χ1v) is 12.9. The number of ketones is 1.